The number of halogens is 1. The summed E-state index contributed by atoms with van der Waals surface area (Å²) in [7, 11) is 1.63. The number of methoxy groups -OCH3 is 1. The van der Waals surface area contributed by atoms with Gasteiger partial charge in [0.05, 0.1) is 19.4 Å². The van der Waals surface area contributed by atoms with Crippen LogP contribution >= 0.6 is 11.6 Å². The van der Waals surface area contributed by atoms with Gasteiger partial charge in [0.1, 0.15) is 23.1 Å². The van der Waals surface area contributed by atoms with Gasteiger partial charge in [-0.25, -0.2) is 4.99 Å². The molecule has 28 heavy (non-hydrogen) atoms. The molecule has 4 rings (SSSR count). The van der Waals surface area contributed by atoms with E-state index in [0.29, 0.717) is 22.1 Å². The number of allylic oxidation sites excluding steroid dienone is 1. The van der Waals surface area contributed by atoms with E-state index in [-0.39, 0.29) is 11.8 Å². The minimum absolute atomic E-state index is 0.188. The monoisotopic (exact) mass is 389 g/mol. The lowest BCUT2D eigenvalue weighted by molar-refractivity contribution is 0.394. The molecule has 0 bridgehead atoms. The first kappa shape index (κ1) is 17.9. The summed E-state index contributed by atoms with van der Waals surface area (Å²) in [5, 5.41) is 12.3. The van der Waals surface area contributed by atoms with Crippen LogP contribution in [-0.4, -0.2) is 13.4 Å². The van der Waals surface area contributed by atoms with Crippen LogP contribution < -0.4 is 15.2 Å². The molecule has 1 aliphatic heterocycles. The van der Waals surface area contributed by atoms with Crippen LogP contribution in [0.2, 0.25) is 5.02 Å². The number of aliphatic imine (C=N–C) groups is 1. The van der Waals surface area contributed by atoms with Crippen molar-refractivity contribution < 1.29 is 9.47 Å². The molecule has 1 aliphatic rings. The molecule has 3 aromatic carbocycles. The largest absolute Gasteiger partial charge is 0.496 e. The summed E-state index contributed by atoms with van der Waals surface area (Å²) in [5.74, 6) is 1.15. The Balaban J connectivity index is 2.07. The number of nitrogens with zero attached hydrogens (tertiary/aromatic N) is 2. The minimum atomic E-state index is -0.386. The predicted molar refractivity (Wildman–Crippen MR) is 110 cm³/mol. The normalized spacial score (nSPS) is 16.0. The Labute approximate surface area is 167 Å². The molecule has 0 fully saturated rings. The van der Waals surface area contributed by atoms with Gasteiger partial charge in [-0.05, 0) is 23.8 Å². The SMILES string of the molecule is COc1cc2c(c3ccccc13)OC(/N=C/N)=C(C#N)C2c1ccc(Cl)cc1. The van der Waals surface area contributed by atoms with Gasteiger partial charge < -0.3 is 15.2 Å². The highest BCUT2D eigenvalue weighted by atomic mass is 35.5. The van der Waals surface area contributed by atoms with Crippen LogP contribution in [0.1, 0.15) is 17.0 Å². The summed E-state index contributed by atoms with van der Waals surface area (Å²) < 4.78 is 11.7. The number of hydrogen-bond donors (Lipinski definition) is 1. The lowest BCUT2D eigenvalue weighted by Crippen LogP contribution is -2.16. The number of hydrogen-bond acceptors (Lipinski definition) is 4. The Kier molecular flexibility index (Phi) is 4.64. The fraction of sp³-hybridized carbons (Fsp3) is 0.0909. The Morgan fingerprint density at radius 3 is 2.54 bits per heavy atom. The highest BCUT2D eigenvalue weighted by molar-refractivity contribution is 6.30. The summed E-state index contributed by atoms with van der Waals surface area (Å²) in [6.07, 6.45) is 1.13. The predicted octanol–water partition coefficient (Wildman–Crippen LogP) is 4.75. The van der Waals surface area contributed by atoms with Gasteiger partial charge in [-0.2, -0.15) is 5.26 Å². The smallest absolute Gasteiger partial charge is 0.235 e. The van der Waals surface area contributed by atoms with Crippen molar-refractivity contribution in [3.8, 4) is 17.6 Å². The number of rotatable bonds is 3. The summed E-state index contributed by atoms with van der Waals surface area (Å²) in [6.45, 7) is 0. The summed E-state index contributed by atoms with van der Waals surface area (Å²) in [6, 6.07) is 19.3. The van der Waals surface area contributed by atoms with Crippen LogP contribution in [-0.2, 0) is 0 Å². The fourth-order valence-electron chi connectivity index (χ4n) is 3.54. The van der Waals surface area contributed by atoms with Crippen molar-refractivity contribution in [3.05, 3.63) is 82.2 Å². The first-order chi connectivity index (χ1) is 13.7. The fourth-order valence-corrected chi connectivity index (χ4v) is 3.67. The van der Waals surface area contributed by atoms with E-state index >= 15 is 0 Å². The highest BCUT2D eigenvalue weighted by Crippen LogP contribution is 2.48. The van der Waals surface area contributed by atoms with Crippen molar-refractivity contribution >= 4 is 28.7 Å². The van der Waals surface area contributed by atoms with E-state index < -0.39 is 0 Å². The van der Waals surface area contributed by atoms with Crippen molar-refractivity contribution in [2.45, 2.75) is 5.92 Å². The van der Waals surface area contributed by atoms with Gasteiger partial charge in [0.15, 0.2) is 0 Å². The summed E-state index contributed by atoms with van der Waals surface area (Å²) in [4.78, 5) is 4.11. The minimum Gasteiger partial charge on any atom is -0.496 e. The number of ether oxygens (including phenoxy) is 2. The molecule has 2 N–H and O–H groups in total. The Morgan fingerprint density at radius 2 is 1.89 bits per heavy atom. The zero-order valence-electron chi connectivity index (χ0n) is 15.0. The van der Waals surface area contributed by atoms with Crippen molar-refractivity contribution in [2.75, 3.05) is 7.11 Å². The van der Waals surface area contributed by atoms with Gasteiger partial charge in [0.25, 0.3) is 0 Å². The van der Waals surface area contributed by atoms with E-state index in [1.165, 1.54) is 0 Å². The molecule has 0 spiro atoms. The second-order valence-electron chi connectivity index (χ2n) is 6.24. The van der Waals surface area contributed by atoms with E-state index in [9.17, 15) is 5.26 Å². The number of nitriles is 1. The molecule has 5 nitrogen and oxygen atoms in total. The number of benzene rings is 3. The topological polar surface area (TPSA) is 80.6 Å². The molecule has 6 heteroatoms. The average molecular weight is 390 g/mol. The van der Waals surface area contributed by atoms with Gasteiger partial charge in [0, 0.05) is 21.4 Å². The molecule has 0 saturated heterocycles. The van der Waals surface area contributed by atoms with Crippen molar-refractivity contribution in [3.63, 3.8) is 0 Å². The lowest BCUT2D eigenvalue weighted by Gasteiger charge is -2.28. The standard InChI is InChI=1S/C22H16ClN3O2/c1-27-19-10-17-20(13-6-8-14(23)9-7-13)18(11-24)22(26-12-25)28-21(17)16-5-3-2-4-15(16)19/h2-10,12,20H,1H3,(H2,25,26). The van der Waals surface area contributed by atoms with E-state index in [4.69, 9.17) is 26.8 Å². The molecule has 1 unspecified atom stereocenters. The van der Waals surface area contributed by atoms with Gasteiger partial charge in [0.2, 0.25) is 5.88 Å². The van der Waals surface area contributed by atoms with E-state index in [0.717, 1.165) is 28.2 Å². The maximum atomic E-state index is 9.88. The van der Waals surface area contributed by atoms with Crippen LogP contribution in [0.5, 0.6) is 11.5 Å². The van der Waals surface area contributed by atoms with E-state index in [2.05, 4.69) is 11.1 Å². The van der Waals surface area contributed by atoms with Gasteiger partial charge >= 0.3 is 0 Å². The molecular weight excluding hydrogens is 374 g/mol. The zero-order valence-corrected chi connectivity index (χ0v) is 15.8. The van der Waals surface area contributed by atoms with Crippen LogP contribution in [0.4, 0.5) is 0 Å². The maximum absolute atomic E-state index is 9.88. The molecule has 0 saturated carbocycles. The second-order valence-corrected chi connectivity index (χ2v) is 6.67. The van der Waals surface area contributed by atoms with Crippen LogP contribution in [0.3, 0.4) is 0 Å². The van der Waals surface area contributed by atoms with Crippen molar-refractivity contribution in [1.29, 1.82) is 5.26 Å². The molecule has 0 radical (unpaired) electrons. The lowest BCUT2D eigenvalue weighted by atomic mass is 9.82. The molecular formula is C22H16ClN3O2. The average Bonchev–Trinajstić information content (AvgIpc) is 2.73. The summed E-state index contributed by atoms with van der Waals surface area (Å²) in [5.41, 5.74) is 7.60. The Hall–Kier alpha value is -3.49. The first-order valence-electron chi connectivity index (χ1n) is 8.59. The Morgan fingerprint density at radius 1 is 1.18 bits per heavy atom. The van der Waals surface area contributed by atoms with E-state index in [1.54, 1.807) is 19.2 Å². The molecule has 0 aromatic heterocycles. The van der Waals surface area contributed by atoms with Crippen molar-refractivity contribution in [1.82, 2.24) is 0 Å². The van der Waals surface area contributed by atoms with Gasteiger partial charge in [-0.1, -0.05) is 48.0 Å². The third-order valence-corrected chi connectivity index (χ3v) is 5.00. The van der Waals surface area contributed by atoms with Gasteiger partial charge in [-0.15, -0.1) is 0 Å². The quantitative estimate of drug-likeness (QED) is 0.517. The number of nitrogens with two attached hydrogens (primary N) is 1. The number of fused-ring (bicyclic) bond motifs is 3. The third-order valence-electron chi connectivity index (χ3n) is 4.75. The molecule has 1 atom stereocenters. The molecule has 3 aromatic rings. The highest BCUT2D eigenvalue weighted by Gasteiger charge is 2.33. The molecule has 138 valence electrons. The van der Waals surface area contributed by atoms with Crippen LogP contribution in [0.15, 0.2) is 71.0 Å². The van der Waals surface area contributed by atoms with Crippen LogP contribution in [0.25, 0.3) is 10.8 Å². The molecule has 0 amide bonds. The maximum Gasteiger partial charge on any atom is 0.235 e. The molecule has 1 heterocycles. The summed E-state index contributed by atoms with van der Waals surface area (Å²) >= 11 is 6.06. The van der Waals surface area contributed by atoms with Crippen LogP contribution in [0, 0.1) is 11.3 Å². The molecule has 0 aliphatic carbocycles. The van der Waals surface area contributed by atoms with E-state index in [1.807, 2.05) is 42.5 Å². The first-order valence-corrected chi connectivity index (χ1v) is 8.97. The van der Waals surface area contributed by atoms with Crippen molar-refractivity contribution in [2.24, 2.45) is 10.7 Å². The Bertz CT molecular complexity index is 1160. The second kappa shape index (κ2) is 7.26. The third kappa shape index (κ3) is 2.84. The van der Waals surface area contributed by atoms with Gasteiger partial charge in [-0.3, -0.25) is 0 Å². The zero-order chi connectivity index (χ0) is 19.7.